The summed E-state index contributed by atoms with van der Waals surface area (Å²) in [7, 11) is 1.56. The van der Waals surface area contributed by atoms with Gasteiger partial charge in [-0.2, -0.15) is 13.2 Å². The number of amides is 1. The average molecular weight is 403 g/mol. The maximum atomic E-state index is 13.5. The van der Waals surface area contributed by atoms with E-state index in [1.807, 2.05) is 0 Å². The number of guanidine groups is 1. The fourth-order valence-electron chi connectivity index (χ4n) is 2.93. The van der Waals surface area contributed by atoms with Crippen LogP contribution < -0.4 is 16.0 Å². The lowest BCUT2D eigenvalue weighted by Crippen LogP contribution is -2.47. The van der Waals surface area contributed by atoms with Gasteiger partial charge < -0.3 is 16.0 Å². The van der Waals surface area contributed by atoms with Gasteiger partial charge in [0.25, 0.3) is 5.91 Å². The molecular formula is C18H25F4N5O. The predicted molar refractivity (Wildman–Crippen MR) is 98.9 cm³/mol. The molecule has 1 amide bonds. The van der Waals surface area contributed by atoms with Crippen molar-refractivity contribution < 1.29 is 22.4 Å². The SMILES string of the molecule is CN=C(NCCNC(=O)c1ccc(C)c(F)c1)NC1CCN(CC(F)(F)F)C1. The molecule has 0 aromatic heterocycles. The number of aliphatic imine (C=N–C) groups is 1. The van der Waals surface area contributed by atoms with Gasteiger partial charge in [0.1, 0.15) is 5.82 Å². The number of likely N-dealkylation sites (tertiary alicyclic amines) is 1. The topological polar surface area (TPSA) is 68.8 Å². The molecule has 1 aliphatic heterocycles. The molecule has 0 aliphatic carbocycles. The Bertz CT molecular complexity index is 708. The third-order valence-corrected chi connectivity index (χ3v) is 4.38. The van der Waals surface area contributed by atoms with E-state index in [9.17, 15) is 22.4 Å². The number of halogens is 4. The standard InChI is InChI=1S/C18H25F4N5O/c1-12-3-4-13(9-15(12)19)16(28)24-6-7-25-17(23-2)26-14-5-8-27(10-14)11-18(20,21)22/h3-4,9,14H,5-8,10-11H2,1-2H3,(H,24,28)(H2,23,25,26). The van der Waals surface area contributed by atoms with E-state index in [0.29, 0.717) is 31.0 Å². The minimum Gasteiger partial charge on any atom is -0.355 e. The molecule has 156 valence electrons. The zero-order chi connectivity index (χ0) is 20.7. The molecule has 1 aliphatic rings. The summed E-state index contributed by atoms with van der Waals surface area (Å²) in [4.78, 5) is 17.4. The third kappa shape index (κ3) is 6.99. The fourth-order valence-corrected chi connectivity index (χ4v) is 2.93. The first-order valence-corrected chi connectivity index (χ1v) is 8.98. The van der Waals surface area contributed by atoms with Crippen LogP contribution in [0.5, 0.6) is 0 Å². The molecule has 2 rings (SSSR count). The van der Waals surface area contributed by atoms with Crippen LogP contribution in [0.3, 0.4) is 0 Å². The highest BCUT2D eigenvalue weighted by Crippen LogP contribution is 2.19. The number of hydrogen-bond donors (Lipinski definition) is 3. The van der Waals surface area contributed by atoms with Crippen LogP contribution in [0, 0.1) is 12.7 Å². The van der Waals surface area contributed by atoms with E-state index in [4.69, 9.17) is 0 Å². The highest BCUT2D eigenvalue weighted by Gasteiger charge is 2.34. The molecule has 0 saturated carbocycles. The van der Waals surface area contributed by atoms with Crippen LogP contribution in [-0.4, -0.2) is 68.8 Å². The summed E-state index contributed by atoms with van der Waals surface area (Å²) in [6.45, 7) is 2.00. The number of benzene rings is 1. The Morgan fingerprint density at radius 3 is 2.64 bits per heavy atom. The highest BCUT2D eigenvalue weighted by molar-refractivity contribution is 5.94. The van der Waals surface area contributed by atoms with Crippen LogP contribution in [0.25, 0.3) is 0 Å². The minimum absolute atomic E-state index is 0.126. The molecular weight excluding hydrogens is 378 g/mol. The zero-order valence-electron chi connectivity index (χ0n) is 15.9. The molecule has 1 aromatic carbocycles. The van der Waals surface area contributed by atoms with E-state index >= 15 is 0 Å². The molecule has 10 heteroatoms. The molecule has 28 heavy (non-hydrogen) atoms. The van der Waals surface area contributed by atoms with Crippen molar-refractivity contribution in [3.63, 3.8) is 0 Å². The number of carbonyl (C=O) groups excluding carboxylic acids is 1. The summed E-state index contributed by atoms with van der Waals surface area (Å²) in [5, 5.41) is 8.75. The number of hydrogen-bond acceptors (Lipinski definition) is 3. The Morgan fingerprint density at radius 2 is 2.00 bits per heavy atom. The van der Waals surface area contributed by atoms with Gasteiger partial charge in [0, 0.05) is 44.8 Å². The van der Waals surface area contributed by atoms with Crippen LogP contribution >= 0.6 is 0 Å². The number of aryl methyl sites for hydroxylation is 1. The van der Waals surface area contributed by atoms with Gasteiger partial charge in [-0.05, 0) is 31.0 Å². The molecule has 6 nitrogen and oxygen atoms in total. The Kier molecular flexibility index (Phi) is 7.61. The summed E-state index contributed by atoms with van der Waals surface area (Å²) in [5.74, 6) is -0.372. The van der Waals surface area contributed by atoms with Gasteiger partial charge >= 0.3 is 6.18 Å². The largest absolute Gasteiger partial charge is 0.401 e. The van der Waals surface area contributed by atoms with E-state index in [-0.39, 0.29) is 30.6 Å². The summed E-state index contributed by atoms with van der Waals surface area (Å²) in [6, 6.07) is 4.15. The highest BCUT2D eigenvalue weighted by atomic mass is 19.4. The van der Waals surface area contributed by atoms with E-state index < -0.39 is 18.5 Å². The van der Waals surface area contributed by atoms with Crippen LogP contribution in [-0.2, 0) is 0 Å². The van der Waals surface area contributed by atoms with Crippen LogP contribution in [0.4, 0.5) is 17.6 Å². The zero-order valence-corrected chi connectivity index (χ0v) is 15.9. The van der Waals surface area contributed by atoms with Gasteiger partial charge in [0.15, 0.2) is 5.96 Å². The Labute approximate surface area is 161 Å². The first kappa shape index (κ1) is 21.9. The van der Waals surface area contributed by atoms with E-state index in [0.717, 1.165) is 0 Å². The Morgan fingerprint density at radius 1 is 1.29 bits per heavy atom. The Balaban J connectivity index is 1.70. The van der Waals surface area contributed by atoms with Crippen molar-refractivity contribution in [1.82, 2.24) is 20.9 Å². The minimum atomic E-state index is -4.20. The van der Waals surface area contributed by atoms with Crippen molar-refractivity contribution in [3.05, 3.63) is 35.1 Å². The van der Waals surface area contributed by atoms with Gasteiger partial charge in [0.05, 0.1) is 6.54 Å². The molecule has 1 saturated heterocycles. The van der Waals surface area contributed by atoms with Gasteiger partial charge in [-0.15, -0.1) is 0 Å². The lowest BCUT2D eigenvalue weighted by atomic mass is 10.1. The van der Waals surface area contributed by atoms with Crippen LogP contribution in [0.2, 0.25) is 0 Å². The van der Waals surface area contributed by atoms with Gasteiger partial charge in [-0.25, -0.2) is 4.39 Å². The van der Waals surface area contributed by atoms with Crippen molar-refractivity contribution >= 4 is 11.9 Å². The number of alkyl halides is 3. The fraction of sp³-hybridized carbons (Fsp3) is 0.556. The third-order valence-electron chi connectivity index (χ3n) is 4.38. The molecule has 1 unspecified atom stereocenters. The lowest BCUT2D eigenvalue weighted by molar-refractivity contribution is -0.143. The maximum absolute atomic E-state index is 13.5. The van der Waals surface area contributed by atoms with Crippen molar-refractivity contribution in [2.75, 3.05) is 39.8 Å². The summed E-state index contributed by atoms with van der Waals surface area (Å²) in [5.41, 5.74) is 0.704. The smallest absolute Gasteiger partial charge is 0.355 e. The maximum Gasteiger partial charge on any atom is 0.401 e. The molecule has 0 spiro atoms. The van der Waals surface area contributed by atoms with Gasteiger partial charge in [-0.3, -0.25) is 14.7 Å². The van der Waals surface area contributed by atoms with Crippen LogP contribution in [0.1, 0.15) is 22.3 Å². The van der Waals surface area contributed by atoms with E-state index in [1.54, 1.807) is 20.0 Å². The molecule has 3 N–H and O–H groups in total. The quantitative estimate of drug-likeness (QED) is 0.293. The monoisotopic (exact) mass is 403 g/mol. The van der Waals surface area contributed by atoms with Crippen molar-refractivity contribution in [2.45, 2.75) is 25.6 Å². The summed E-state index contributed by atoms with van der Waals surface area (Å²) >= 11 is 0. The second kappa shape index (κ2) is 9.72. The van der Waals surface area contributed by atoms with Gasteiger partial charge in [-0.1, -0.05) is 6.07 Å². The van der Waals surface area contributed by atoms with Gasteiger partial charge in [0.2, 0.25) is 0 Å². The number of rotatable bonds is 6. The molecule has 1 fully saturated rings. The predicted octanol–water partition coefficient (Wildman–Crippen LogP) is 1.67. The van der Waals surface area contributed by atoms with Crippen molar-refractivity contribution in [3.8, 4) is 0 Å². The molecule has 1 aromatic rings. The molecule has 1 atom stereocenters. The lowest BCUT2D eigenvalue weighted by Gasteiger charge is -2.19. The van der Waals surface area contributed by atoms with Crippen molar-refractivity contribution in [1.29, 1.82) is 0 Å². The second-order valence-electron chi connectivity index (χ2n) is 6.70. The molecule has 0 radical (unpaired) electrons. The number of nitrogens with zero attached hydrogens (tertiary/aromatic N) is 2. The first-order chi connectivity index (χ1) is 13.2. The average Bonchev–Trinajstić information content (AvgIpc) is 3.04. The Hall–Kier alpha value is -2.36. The summed E-state index contributed by atoms with van der Waals surface area (Å²) in [6.07, 6.45) is -3.61. The normalized spacial score (nSPS) is 18.2. The first-order valence-electron chi connectivity index (χ1n) is 8.98. The number of carbonyl (C=O) groups is 1. The van der Waals surface area contributed by atoms with E-state index in [1.165, 1.54) is 17.0 Å². The molecule has 0 bridgehead atoms. The number of nitrogens with one attached hydrogen (secondary N) is 3. The van der Waals surface area contributed by atoms with Crippen molar-refractivity contribution in [2.24, 2.45) is 4.99 Å². The molecule has 1 heterocycles. The van der Waals surface area contributed by atoms with Crippen LogP contribution in [0.15, 0.2) is 23.2 Å². The summed E-state index contributed by atoms with van der Waals surface area (Å²) < 4.78 is 50.8. The van der Waals surface area contributed by atoms with E-state index in [2.05, 4.69) is 20.9 Å². The second-order valence-corrected chi connectivity index (χ2v) is 6.70.